The monoisotopic (exact) mass is 348 g/mol. The number of hydrogen-bond donors (Lipinski definition) is 2. The molecule has 5 rings (SSSR count). The third-order valence-electron chi connectivity index (χ3n) is 6.48. The minimum atomic E-state index is -1.35. The summed E-state index contributed by atoms with van der Waals surface area (Å²) in [6.07, 6.45) is 7.68. The van der Waals surface area contributed by atoms with Crippen molar-refractivity contribution in [3.05, 3.63) is 22.4 Å². The van der Waals surface area contributed by atoms with E-state index in [1.165, 1.54) is 19.3 Å². The average molecular weight is 349 g/mol. The molecule has 0 spiro atoms. The van der Waals surface area contributed by atoms with E-state index in [1.54, 1.807) is 11.3 Å². The van der Waals surface area contributed by atoms with Gasteiger partial charge in [-0.05, 0) is 61.5 Å². The van der Waals surface area contributed by atoms with E-state index in [0.29, 0.717) is 5.92 Å². The van der Waals surface area contributed by atoms with Gasteiger partial charge in [-0.3, -0.25) is 4.79 Å². The lowest BCUT2D eigenvalue weighted by atomic mass is 9.73. The van der Waals surface area contributed by atoms with Gasteiger partial charge in [-0.2, -0.15) is 11.3 Å². The second-order valence-corrected chi connectivity index (χ2v) is 8.61. The van der Waals surface area contributed by atoms with E-state index >= 15 is 0 Å². The largest absolute Gasteiger partial charge is 0.375 e. The van der Waals surface area contributed by atoms with Crippen LogP contribution in [-0.2, 0) is 10.4 Å². The number of nitrogens with one attached hydrogen (secondary N) is 1. The second-order valence-electron chi connectivity index (χ2n) is 7.83. The van der Waals surface area contributed by atoms with E-state index in [-0.39, 0.29) is 17.9 Å². The molecule has 4 nitrogen and oxygen atoms in total. The number of piperidine rings is 3. The number of hydrogen-bond acceptors (Lipinski definition) is 4. The third kappa shape index (κ3) is 2.91. The van der Waals surface area contributed by atoms with Crippen LogP contribution < -0.4 is 5.32 Å². The zero-order chi connectivity index (χ0) is 16.6. The molecule has 5 heteroatoms. The zero-order valence-corrected chi connectivity index (χ0v) is 15.1. The van der Waals surface area contributed by atoms with Crippen LogP contribution in [0.1, 0.15) is 50.5 Å². The summed E-state index contributed by atoms with van der Waals surface area (Å²) < 4.78 is 0. The molecule has 24 heavy (non-hydrogen) atoms. The van der Waals surface area contributed by atoms with Crippen LogP contribution in [-0.4, -0.2) is 41.6 Å². The predicted octanol–water partition coefficient (Wildman–Crippen LogP) is 2.73. The molecule has 0 radical (unpaired) electrons. The van der Waals surface area contributed by atoms with Crippen LogP contribution in [0.5, 0.6) is 0 Å². The molecule has 2 unspecified atom stereocenters. The number of amides is 1. The topological polar surface area (TPSA) is 52.6 Å². The Balaban J connectivity index is 1.55. The Labute approximate surface area is 148 Å². The van der Waals surface area contributed by atoms with Gasteiger partial charge in [0.25, 0.3) is 5.91 Å². The van der Waals surface area contributed by atoms with E-state index in [9.17, 15) is 9.90 Å². The van der Waals surface area contributed by atoms with E-state index < -0.39 is 5.60 Å². The normalized spacial score (nSPS) is 33.1. The highest BCUT2D eigenvalue weighted by atomic mass is 32.1. The van der Waals surface area contributed by atoms with Gasteiger partial charge in [-0.25, -0.2) is 0 Å². The number of aliphatic hydroxyl groups is 1. The molecule has 1 amide bonds. The van der Waals surface area contributed by atoms with Crippen molar-refractivity contribution in [2.24, 2.45) is 11.8 Å². The fraction of sp³-hybridized carbons (Fsp3) is 0.737. The van der Waals surface area contributed by atoms with Gasteiger partial charge in [0.15, 0.2) is 5.60 Å². The summed E-state index contributed by atoms with van der Waals surface area (Å²) >= 11 is 1.56. The summed E-state index contributed by atoms with van der Waals surface area (Å²) in [5, 5.41) is 18.7. The lowest BCUT2D eigenvalue weighted by molar-refractivity contribution is -0.151. The first-order valence-electron chi connectivity index (χ1n) is 9.46. The third-order valence-corrected chi connectivity index (χ3v) is 7.16. The van der Waals surface area contributed by atoms with Crippen molar-refractivity contribution in [1.82, 2.24) is 10.2 Å². The minimum absolute atomic E-state index is 0.0435. The van der Waals surface area contributed by atoms with Crippen LogP contribution in [0.15, 0.2) is 16.8 Å². The number of carbonyl (C=O) groups is 1. The van der Waals surface area contributed by atoms with Crippen LogP contribution in [0.3, 0.4) is 0 Å². The molecule has 4 heterocycles. The van der Waals surface area contributed by atoms with Gasteiger partial charge >= 0.3 is 0 Å². The summed E-state index contributed by atoms with van der Waals surface area (Å²) in [5.41, 5.74) is -0.565. The molecule has 2 bridgehead atoms. The maximum absolute atomic E-state index is 13.2. The summed E-state index contributed by atoms with van der Waals surface area (Å²) in [5.74, 6) is 0.463. The average Bonchev–Trinajstić information content (AvgIpc) is 3.18. The molecule has 4 fully saturated rings. The molecule has 3 saturated heterocycles. The highest BCUT2D eigenvalue weighted by Gasteiger charge is 2.47. The molecule has 1 aromatic heterocycles. The van der Waals surface area contributed by atoms with E-state index in [1.807, 2.05) is 16.8 Å². The zero-order valence-electron chi connectivity index (χ0n) is 14.2. The van der Waals surface area contributed by atoms with Crippen molar-refractivity contribution in [3.8, 4) is 0 Å². The van der Waals surface area contributed by atoms with Crippen molar-refractivity contribution in [1.29, 1.82) is 0 Å². The van der Waals surface area contributed by atoms with Gasteiger partial charge in [0.1, 0.15) is 0 Å². The fourth-order valence-corrected chi connectivity index (χ4v) is 5.67. The standard InChI is InChI=1S/C19H28N2O2S/c22-18(20-17-12-21-9-6-14(17)7-10-21)19(23,16-8-11-24-13-16)15-4-2-1-3-5-15/h8,11,13-15,17,23H,1-7,9-10,12H2,(H,20,22). The first-order chi connectivity index (χ1) is 11.7. The number of carbonyl (C=O) groups excluding carboxylic acids is 1. The highest BCUT2D eigenvalue weighted by molar-refractivity contribution is 7.08. The van der Waals surface area contributed by atoms with Crippen molar-refractivity contribution < 1.29 is 9.90 Å². The predicted molar refractivity (Wildman–Crippen MR) is 95.9 cm³/mol. The number of nitrogens with zero attached hydrogens (tertiary/aromatic N) is 1. The molecule has 3 aliphatic heterocycles. The number of fused-ring (bicyclic) bond motifs is 3. The van der Waals surface area contributed by atoms with Crippen LogP contribution >= 0.6 is 11.3 Å². The summed E-state index contributed by atoms with van der Waals surface area (Å²) in [6.45, 7) is 3.27. The SMILES string of the molecule is O=C(NC1CN2CCC1CC2)C(O)(c1ccsc1)C1CCCCC1. The number of rotatable bonds is 4. The molecular formula is C19H28N2O2S. The first-order valence-corrected chi connectivity index (χ1v) is 10.4. The van der Waals surface area contributed by atoms with Crippen LogP contribution in [0.2, 0.25) is 0 Å². The molecule has 2 atom stereocenters. The Morgan fingerprint density at radius 3 is 2.54 bits per heavy atom. The lowest BCUT2D eigenvalue weighted by Crippen LogP contribution is -2.61. The maximum Gasteiger partial charge on any atom is 0.257 e. The van der Waals surface area contributed by atoms with Crippen LogP contribution in [0.25, 0.3) is 0 Å². The van der Waals surface area contributed by atoms with E-state index in [4.69, 9.17) is 0 Å². The molecule has 1 saturated carbocycles. The van der Waals surface area contributed by atoms with Crippen LogP contribution in [0.4, 0.5) is 0 Å². The molecular weight excluding hydrogens is 320 g/mol. The second kappa shape index (κ2) is 6.77. The van der Waals surface area contributed by atoms with Crippen molar-refractivity contribution >= 4 is 17.2 Å². The Hall–Kier alpha value is -0.910. The minimum Gasteiger partial charge on any atom is -0.375 e. The van der Waals surface area contributed by atoms with Gasteiger partial charge in [-0.15, -0.1) is 0 Å². The maximum atomic E-state index is 13.2. The van der Waals surface area contributed by atoms with Gasteiger partial charge in [0.05, 0.1) is 0 Å². The molecule has 132 valence electrons. The van der Waals surface area contributed by atoms with Crippen molar-refractivity contribution in [2.75, 3.05) is 19.6 Å². The van der Waals surface area contributed by atoms with Gasteiger partial charge in [0.2, 0.25) is 0 Å². The Morgan fingerprint density at radius 2 is 1.96 bits per heavy atom. The van der Waals surface area contributed by atoms with Gasteiger partial charge in [0, 0.05) is 24.1 Å². The summed E-state index contributed by atoms with van der Waals surface area (Å²) in [7, 11) is 0. The fourth-order valence-electron chi connectivity index (χ4n) is 4.96. The Morgan fingerprint density at radius 1 is 1.21 bits per heavy atom. The molecule has 4 aliphatic rings. The first kappa shape index (κ1) is 16.6. The molecule has 1 aromatic rings. The van der Waals surface area contributed by atoms with Crippen LogP contribution in [0, 0.1) is 11.8 Å². The summed E-state index contributed by atoms with van der Waals surface area (Å²) in [4.78, 5) is 15.7. The van der Waals surface area contributed by atoms with Crippen molar-refractivity contribution in [2.45, 2.75) is 56.6 Å². The highest BCUT2D eigenvalue weighted by Crippen LogP contribution is 2.41. The lowest BCUT2D eigenvalue weighted by Gasteiger charge is -2.46. The Bertz CT molecular complexity index is 562. The molecule has 0 aromatic carbocycles. The summed E-state index contributed by atoms with van der Waals surface area (Å²) in [6, 6.07) is 2.13. The molecule has 1 aliphatic carbocycles. The van der Waals surface area contributed by atoms with Gasteiger partial charge in [-0.1, -0.05) is 19.3 Å². The smallest absolute Gasteiger partial charge is 0.257 e. The Kier molecular flexibility index (Phi) is 4.67. The molecule has 2 N–H and O–H groups in total. The van der Waals surface area contributed by atoms with E-state index in [0.717, 1.165) is 50.9 Å². The van der Waals surface area contributed by atoms with Crippen molar-refractivity contribution in [3.63, 3.8) is 0 Å². The van der Waals surface area contributed by atoms with Gasteiger partial charge < -0.3 is 15.3 Å². The quantitative estimate of drug-likeness (QED) is 0.880. The van der Waals surface area contributed by atoms with E-state index in [2.05, 4.69) is 10.2 Å². The number of thiophene rings is 1.